The largest absolute Gasteiger partial charge is 0.461 e. The molecule has 0 saturated heterocycles. The average molecular weight is 276 g/mol. The van der Waals surface area contributed by atoms with Gasteiger partial charge in [-0.05, 0) is 48.8 Å². The standard InChI is InChI=1S/C20H20O/c1-13-16-8-4-3-7-15(16)11-12-17(13)20-14(2)21-19-10-6-5-9-18(19)20/h3-10,13,17H,11-12H2,1-2H3. The Morgan fingerprint density at radius 2 is 1.76 bits per heavy atom. The SMILES string of the molecule is Cc1oc2ccccc2c1C1CCc2ccccc2C1C. The first-order valence-corrected chi connectivity index (χ1v) is 7.81. The highest BCUT2D eigenvalue weighted by Crippen LogP contribution is 2.45. The Kier molecular flexibility index (Phi) is 2.88. The Morgan fingerprint density at radius 1 is 1.00 bits per heavy atom. The number of para-hydroxylation sites is 1. The molecule has 4 rings (SSSR count). The molecule has 0 saturated carbocycles. The first-order valence-electron chi connectivity index (χ1n) is 7.81. The van der Waals surface area contributed by atoms with Crippen LogP contribution >= 0.6 is 0 Å². The van der Waals surface area contributed by atoms with Gasteiger partial charge < -0.3 is 4.42 Å². The lowest BCUT2D eigenvalue weighted by molar-refractivity contribution is 0.486. The van der Waals surface area contributed by atoms with Crippen LogP contribution in [0.5, 0.6) is 0 Å². The zero-order valence-electron chi connectivity index (χ0n) is 12.6. The molecule has 0 bridgehead atoms. The molecule has 1 aliphatic rings. The molecule has 1 heterocycles. The van der Waals surface area contributed by atoms with Crippen molar-refractivity contribution in [3.05, 3.63) is 71.0 Å². The lowest BCUT2D eigenvalue weighted by atomic mass is 9.72. The first-order chi connectivity index (χ1) is 10.3. The van der Waals surface area contributed by atoms with E-state index in [2.05, 4.69) is 62.4 Å². The van der Waals surface area contributed by atoms with Crippen LogP contribution in [0.15, 0.2) is 52.9 Å². The van der Waals surface area contributed by atoms with Crippen LogP contribution in [0.25, 0.3) is 11.0 Å². The van der Waals surface area contributed by atoms with Gasteiger partial charge in [0.2, 0.25) is 0 Å². The Balaban J connectivity index is 1.85. The van der Waals surface area contributed by atoms with Crippen molar-refractivity contribution in [3.8, 4) is 0 Å². The molecule has 1 aromatic heterocycles. The maximum atomic E-state index is 5.99. The van der Waals surface area contributed by atoms with Crippen molar-refractivity contribution in [2.45, 2.75) is 38.5 Å². The third-order valence-corrected chi connectivity index (χ3v) is 5.06. The van der Waals surface area contributed by atoms with Gasteiger partial charge in [0.1, 0.15) is 11.3 Å². The summed E-state index contributed by atoms with van der Waals surface area (Å²) in [6, 6.07) is 17.3. The Labute approximate surface area is 125 Å². The van der Waals surface area contributed by atoms with Gasteiger partial charge in [-0.1, -0.05) is 49.4 Å². The summed E-state index contributed by atoms with van der Waals surface area (Å²) in [6.45, 7) is 4.48. The van der Waals surface area contributed by atoms with E-state index in [4.69, 9.17) is 4.42 Å². The fourth-order valence-electron chi connectivity index (χ4n) is 4.03. The van der Waals surface area contributed by atoms with Crippen molar-refractivity contribution in [1.82, 2.24) is 0 Å². The van der Waals surface area contributed by atoms with E-state index in [9.17, 15) is 0 Å². The zero-order valence-corrected chi connectivity index (χ0v) is 12.6. The molecule has 2 atom stereocenters. The van der Waals surface area contributed by atoms with Crippen LogP contribution in [0.1, 0.15) is 47.6 Å². The minimum atomic E-state index is 0.551. The van der Waals surface area contributed by atoms with Gasteiger partial charge in [-0.15, -0.1) is 0 Å². The minimum absolute atomic E-state index is 0.551. The number of furan rings is 1. The first kappa shape index (κ1) is 12.7. The highest BCUT2D eigenvalue weighted by atomic mass is 16.3. The molecule has 0 radical (unpaired) electrons. The number of hydrogen-bond donors (Lipinski definition) is 0. The molecule has 3 aromatic rings. The number of aryl methyl sites for hydroxylation is 2. The van der Waals surface area contributed by atoms with Gasteiger partial charge in [-0.2, -0.15) is 0 Å². The van der Waals surface area contributed by atoms with Gasteiger partial charge >= 0.3 is 0 Å². The second-order valence-electron chi connectivity index (χ2n) is 6.20. The predicted molar refractivity (Wildman–Crippen MR) is 86.9 cm³/mol. The van der Waals surface area contributed by atoms with Gasteiger partial charge in [0.25, 0.3) is 0 Å². The molecule has 1 aliphatic carbocycles. The molecule has 21 heavy (non-hydrogen) atoms. The van der Waals surface area contributed by atoms with Crippen molar-refractivity contribution in [1.29, 1.82) is 0 Å². The lowest BCUT2D eigenvalue weighted by Gasteiger charge is -2.31. The van der Waals surface area contributed by atoms with E-state index in [0.29, 0.717) is 11.8 Å². The normalized spacial score (nSPS) is 21.4. The van der Waals surface area contributed by atoms with Gasteiger partial charge in [0, 0.05) is 10.9 Å². The Morgan fingerprint density at radius 3 is 2.67 bits per heavy atom. The van der Waals surface area contributed by atoms with Crippen LogP contribution in [-0.4, -0.2) is 0 Å². The fraction of sp³-hybridized carbons (Fsp3) is 0.300. The fourth-order valence-corrected chi connectivity index (χ4v) is 4.03. The summed E-state index contributed by atoms with van der Waals surface area (Å²) in [7, 11) is 0. The molecule has 0 spiro atoms. The van der Waals surface area contributed by atoms with Crippen LogP contribution in [0.2, 0.25) is 0 Å². The van der Waals surface area contributed by atoms with Gasteiger partial charge in [0.15, 0.2) is 0 Å². The molecule has 0 fully saturated rings. The highest BCUT2D eigenvalue weighted by Gasteiger charge is 2.30. The number of benzene rings is 2. The molecule has 1 nitrogen and oxygen atoms in total. The van der Waals surface area contributed by atoms with Crippen molar-refractivity contribution in [2.75, 3.05) is 0 Å². The summed E-state index contributed by atoms with van der Waals surface area (Å²) in [6.07, 6.45) is 2.38. The summed E-state index contributed by atoms with van der Waals surface area (Å²) < 4.78 is 5.99. The predicted octanol–water partition coefficient (Wildman–Crippen LogP) is 5.57. The van der Waals surface area contributed by atoms with Crippen molar-refractivity contribution in [2.24, 2.45) is 0 Å². The van der Waals surface area contributed by atoms with Crippen LogP contribution in [0.4, 0.5) is 0 Å². The number of fused-ring (bicyclic) bond motifs is 2. The highest BCUT2D eigenvalue weighted by molar-refractivity contribution is 5.83. The molecule has 0 aliphatic heterocycles. The van der Waals surface area contributed by atoms with Gasteiger partial charge in [-0.25, -0.2) is 0 Å². The summed E-state index contributed by atoms with van der Waals surface area (Å²) in [5.41, 5.74) is 5.48. The summed E-state index contributed by atoms with van der Waals surface area (Å²) in [5.74, 6) is 2.20. The maximum absolute atomic E-state index is 5.99. The van der Waals surface area contributed by atoms with Gasteiger partial charge in [0.05, 0.1) is 0 Å². The molecular weight excluding hydrogens is 256 g/mol. The van der Waals surface area contributed by atoms with Crippen molar-refractivity contribution >= 4 is 11.0 Å². The minimum Gasteiger partial charge on any atom is -0.461 e. The molecule has 2 aromatic carbocycles. The third kappa shape index (κ3) is 1.91. The second kappa shape index (κ2) is 4.77. The third-order valence-electron chi connectivity index (χ3n) is 5.06. The van der Waals surface area contributed by atoms with Crippen LogP contribution in [-0.2, 0) is 6.42 Å². The van der Waals surface area contributed by atoms with Crippen LogP contribution in [0, 0.1) is 6.92 Å². The number of hydrogen-bond acceptors (Lipinski definition) is 1. The molecule has 1 heteroatoms. The molecule has 0 N–H and O–H groups in total. The smallest absolute Gasteiger partial charge is 0.134 e. The zero-order chi connectivity index (χ0) is 14.4. The van der Waals surface area contributed by atoms with E-state index in [1.54, 1.807) is 0 Å². The van der Waals surface area contributed by atoms with E-state index in [-0.39, 0.29) is 0 Å². The van der Waals surface area contributed by atoms with Crippen molar-refractivity contribution < 1.29 is 4.42 Å². The van der Waals surface area contributed by atoms with Crippen LogP contribution < -0.4 is 0 Å². The average Bonchev–Trinajstić information content (AvgIpc) is 2.84. The second-order valence-corrected chi connectivity index (χ2v) is 6.20. The van der Waals surface area contributed by atoms with Gasteiger partial charge in [-0.3, -0.25) is 0 Å². The number of rotatable bonds is 1. The molecule has 106 valence electrons. The molecule has 0 amide bonds. The van der Waals surface area contributed by atoms with E-state index in [1.165, 1.54) is 34.9 Å². The summed E-state index contributed by atoms with van der Waals surface area (Å²) in [5, 5.41) is 1.30. The quantitative estimate of drug-likeness (QED) is 0.566. The van der Waals surface area contributed by atoms with E-state index >= 15 is 0 Å². The monoisotopic (exact) mass is 276 g/mol. The lowest BCUT2D eigenvalue weighted by Crippen LogP contribution is -2.17. The summed E-state index contributed by atoms with van der Waals surface area (Å²) >= 11 is 0. The van der Waals surface area contributed by atoms with Crippen LogP contribution in [0.3, 0.4) is 0 Å². The van der Waals surface area contributed by atoms with E-state index in [1.807, 2.05) is 0 Å². The topological polar surface area (TPSA) is 13.1 Å². The summed E-state index contributed by atoms with van der Waals surface area (Å²) in [4.78, 5) is 0. The van der Waals surface area contributed by atoms with E-state index < -0.39 is 0 Å². The molecular formula is C20H20O. The maximum Gasteiger partial charge on any atom is 0.134 e. The Bertz CT molecular complexity index is 796. The molecule has 2 unspecified atom stereocenters. The van der Waals surface area contributed by atoms with Crippen molar-refractivity contribution in [3.63, 3.8) is 0 Å². The Hall–Kier alpha value is -2.02. The van der Waals surface area contributed by atoms with E-state index in [0.717, 1.165) is 11.3 Å².